The highest BCUT2D eigenvalue weighted by molar-refractivity contribution is 7.11. The van der Waals surface area contributed by atoms with E-state index in [9.17, 15) is 4.79 Å². The van der Waals surface area contributed by atoms with Gasteiger partial charge in [-0.15, -0.1) is 10.2 Å². The second kappa shape index (κ2) is 6.49. The lowest BCUT2D eigenvalue weighted by Gasteiger charge is -2.12. The number of nitrogens with one attached hydrogen (secondary N) is 1. The molecule has 2 aromatic carbocycles. The predicted molar refractivity (Wildman–Crippen MR) is 99.0 cm³/mol. The molecule has 0 amide bonds. The molecule has 0 atom stereocenters. The number of H-pyrrole nitrogens is 1. The first-order valence-electron chi connectivity index (χ1n) is 7.83. The number of rotatable bonds is 4. The van der Waals surface area contributed by atoms with E-state index in [1.165, 1.54) is 17.4 Å². The van der Waals surface area contributed by atoms with Crippen molar-refractivity contribution in [3.63, 3.8) is 0 Å². The van der Waals surface area contributed by atoms with Gasteiger partial charge in [0.25, 0.3) is 0 Å². The van der Waals surface area contributed by atoms with Crippen molar-refractivity contribution in [3.05, 3.63) is 75.1 Å². The van der Waals surface area contributed by atoms with Gasteiger partial charge in [-0.05, 0) is 41.6 Å². The minimum Gasteiger partial charge on any atom is -0.486 e. The summed E-state index contributed by atoms with van der Waals surface area (Å²) in [6.45, 7) is 2.32. The SMILES string of the molecule is Cc1nnc(COc2ccc(-c3ccc(=O)[nH]c3)c3ccccc23)s1. The maximum atomic E-state index is 11.3. The Morgan fingerprint density at radius 3 is 2.60 bits per heavy atom. The third kappa shape index (κ3) is 3.16. The average Bonchev–Trinajstić information content (AvgIpc) is 3.06. The molecule has 0 bridgehead atoms. The lowest BCUT2D eigenvalue weighted by atomic mass is 9.99. The Kier molecular flexibility index (Phi) is 4.03. The highest BCUT2D eigenvalue weighted by Gasteiger charge is 2.10. The third-order valence-electron chi connectivity index (χ3n) is 3.90. The normalized spacial score (nSPS) is 10.9. The van der Waals surface area contributed by atoms with Gasteiger partial charge in [-0.1, -0.05) is 35.6 Å². The molecule has 1 N–H and O–H groups in total. The van der Waals surface area contributed by atoms with E-state index in [1.54, 1.807) is 6.20 Å². The van der Waals surface area contributed by atoms with Crippen molar-refractivity contribution in [1.29, 1.82) is 0 Å². The van der Waals surface area contributed by atoms with Gasteiger partial charge in [0.2, 0.25) is 5.56 Å². The lowest BCUT2D eigenvalue weighted by molar-refractivity contribution is 0.308. The summed E-state index contributed by atoms with van der Waals surface area (Å²) in [6, 6.07) is 15.4. The fraction of sp³-hybridized carbons (Fsp3) is 0.105. The first kappa shape index (κ1) is 15.5. The minimum absolute atomic E-state index is 0.111. The van der Waals surface area contributed by atoms with Crippen LogP contribution < -0.4 is 10.3 Å². The third-order valence-corrected chi connectivity index (χ3v) is 4.71. The maximum Gasteiger partial charge on any atom is 0.247 e. The molecular weight excluding hydrogens is 334 g/mol. The number of aromatic nitrogens is 3. The number of pyridine rings is 1. The van der Waals surface area contributed by atoms with E-state index < -0.39 is 0 Å². The van der Waals surface area contributed by atoms with Gasteiger partial charge in [0, 0.05) is 17.6 Å². The number of hydrogen-bond donors (Lipinski definition) is 1. The summed E-state index contributed by atoms with van der Waals surface area (Å²) in [5.41, 5.74) is 1.90. The van der Waals surface area contributed by atoms with Crippen LogP contribution in [0.1, 0.15) is 10.0 Å². The predicted octanol–water partition coefficient (Wildman–Crippen LogP) is 3.93. The molecule has 0 radical (unpaired) electrons. The largest absolute Gasteiger partial charge is 0.486 e. The van der Waals surface area contributed by atoms with E-state index in [1.807, 2.05) is 43.3 Å². The number of benzene rings is 2. The zero-order chi connectivity index (χ0) is 17.2. The molecule has 5 nitrogen and oxygen atoms in total. The summed E-state index contributed by atoms with van der Waals surface area (Å²) in [5, 5.41) is 12.0. The molecule has 4 aromatic rings. The average molecular weight is 349 g/mol. The van der Waals surface area contributed by atoms with Crippen LogP contribution in [-0.2, 0) is 6.61 Å². The van der Waals surface area contributed by atoms with E-state index in [2.05, 4.69) is 21.2 Å². The molecule has 124 valence electrons. The van der Waals surface area contributed by atoms with Gasteiger partial charge < -0.3 is 9.72 Å². The number of aromatic amines is 1. The Morgan fingerprint density at radius 1 is 1.04 bits per heavy atom. The van der Waals surface area contributed by atoms with Gasteiger partial charge in [0.05, 0.1) is 0 Å². The number of fused-ring (bicyclic) bond motifs is 1. The van der Waals surface area contributed by atoms with Crippen molar-refractivity contribution >= 4 is 22.1 Å². The Labute approximate surface area is 147 Å². The van der Waals surface area contributed by atoms with Gasteiger partial charge in [0.1, 0.15) is 17.4 Å². The van der Waals surface area contributed by atoms with Crippen LogP contribution in [0.2, 0.25) is 0 Å². The highest BCUT2D eigenvalue weighted by Crippen LogP contribution is 2.34. The molecule has 2 heterocycles. The zero-order valence-electron chi connectivity index (χ0n) is 13.5. The van der Waals surface area contributed by atoms with Gasteiger partial charge in [-0.25, -0.2) is 0 Å². The summed E-state index contributed by atoms with van der Waals surface area (Å²) in [4.78, 5) is 14.0. The van der Waals surface area contributed by atoms with E-state index in [-0.39, 0.29) is 5.56 Å². The Balaban J connectivity index is 1.73. The molecule has 0 aliphatic heterocycles. The lowest BCUT2D eigenvalue weighted by Crippen LogP contribution is -2.01. The second-order valence-corrected chi connectivity index (χ2v) is 6.87. The smallest absolute Gasteiger partial charge is 0.247 e. The van der Waals surface area contributed by atoms with Crippen LogP contribution in [0, 0.1) is 6.92 Å². The molecule has 0 unspecified atom stereocenters. The Hall–Kier alpha value is -2.99. The van der Waals surface area contributed by atoms with Gasteiger partial charge in [-0.3, -0.25) is 4.79 Å². The van der Waals surface area contributed by atoms with Crippen LogP contribution in [0.25, 0.3) is 21.9 Å². The van der Waals surface area contributed by atoms with E-state index >= 15 is 0 Å². The number of hydrogen-bond acceptors (Lipinski definition) is 5. The standard InChI is InChI=1S/C19H15N3O2S/c1-12-21-22-19(25-12)11-24-17-8-7-14(13-6-9-18(23)20-10-13)15-4-2-3-5-16(15)17/h2-10H,11H2,1H3,(H,20,23). The molecule has 2 aromatic heterocycles. The van der Waals surface area contributed by atoms with Crippen LogP contribution in [0.5, 0.6) is 5.75 Å². The number of nitrogens with zero attached hydrogens (tertiary/aromatic N) is 2. The van der Waals surface area contributed by atoms with E-state index in [4.69, 9.17) is 4.74 Å². The van der Waals surface area contributed by atoms with Gasteiger partial charge in [-0.2, -0.15) is 0 Å². The van der Waals surface area contributed by atoms with Crippen LogP contribution >= 0.6 is 11.3 Å². The molecule has 0 fully saturated rings. The van der Waals surface area contributed by atoms with Crippen molar-refractivity contribution < 1.29 is 4.74 Å². The summed E-state index contributed by atoms with van der Waals surface area (Å²) in [5.74, 6) is 0.802. The van der Waals surface area contributed by atoms with E-state index in [0.717, 1.165) is 37.7 Å². The molecule has 0 aliphatic rings. The summed E-state index contributed by atoms with van der Waals surface area (Å²) in [7, 11) is 0. The molecule has 25 heavy (non-hydrogen) atoms. The van der Waals surface area contributed by atoms with Crippen molar-refractivity contribution in [1.82, 2.24) is 15.2 Å². The first-order chi connectivity index (χ1) is 12.2. The van der Waals surface area contributed by atoms with Gasteiger partial charge >= 0.3 is 0 Å². The van der Waals surface area contributed by atoms with Crippen molar-refractivity contribution in [3.8, 4) is 16.9 Å². The molecule has 0 spiro atoms. The molecule has 6 heteroatoms. The van der Waals surface area contributed by atoms with E-state index in [0.29, 0.717) is 6.61 Å². The van der Waals surface area contributed by atoms with Crippen molar-refractivity contribution in [2.24, 2.45) is 0 Å². The molecule has 0 saturated heterocycles. The quantitative estimate of drug-likeness (QED) is 0.606. The second-order valence-electron chi connectivity index (χ2n) is 5.60. The minimum atomic E-state index is -0.111. The molecule has 4 rings (SSSR count). The fourth-order valence-electron chi connectivity index (χ4n) is 2.76. The molecule has 0 aliphatic carbocycles. The number of aryl methyl sites for hydroxylation is 1. The first-order valence-corrected chi connectivity index (χ1v) is 8.65. The van der Waals surface area contributed by atoms with Crippen molar-refractivity contribution in [2.75, 3.05) is 0 Å². The topological polar surface area (TPSA) is 67.9 Å². The summed E-state index contributed by atoms with van der Waals surface area (Å²) < 4.78 is 5.98. The highest BCUT2D eigenvalue weighted by atomic mass is 32.1. The molecular formula is C19H15N3O2S. The maximum absolute atomic E-state index is 11.3. The van der Waals surface area contributed by atoms with Gasteiger partial charge in [0.15, 0.2) is 5.01 Å². The number of ether oxygens (including phenoxy) is 1. The fourth-order valence-corrected chi connectivity index (χ4v) is 3.38. The zero-order valence-corrected chi connectivity index (χ0v) is 14.3. The van der Waals surface area contributed by atoms with Crippen LogP contribution in [0.15, 0.2) is 59.5 Å². The van der Waals surface area contributed by atoms with Crippen molar-refractivity contribution in [2.45, 2.75) is 13.5 Å². The monoisotopic (exact) mass is 349 g/mol. The van der Waals surface area contributed by atoms with Crippen LogP contribution in [0.4, 0.5) is 0 Å². The van der Waals surface area contributed by atoms with Crippen LogP contribution in [-0.4, -0.2) is 15.2 Å². The Morgan fingerprint density at radius 2 is 1.88 bits per heavy atom. The molecule has 0 saturated carbocycles. The summed E-state index contributed by atoms with van der Waals surface area (Å²) >= 11 is 1.53. The Bertz CT molecular complexity index is 1080. The summed E-state index contributed by atoms with van der Waals surface area (Å²) in [6.07, 6.45) is 1.73. The van der Waals surface area contributed by atoms with Crippen LogP contribution in [0.3, 0.4) is 0 Å².